The molecule has 2 aromatic rings. The van der Waals surface area contributed by atoms with Gasteiger partial charge in [-0.1, -0.05) is 39.7 Å². The first-order valence-electron chi connectivity index (χ1n) is 5.95. The average molecular weight is 343 g/mol. The summed E-state index contributed by atoms with van der Waals surface area (Å²) in [4.78, 5) is 0. The summed E-state index contributed by atoms with van der Waals surface area (Å²) in [5, 5.41) is 4.12. The van der Waals surface area contributed by atoms with Gasteiger partial charge >= 0.3 is 0 Å². The first-order chi connectivity index (χ1) is 8.99. The van der Waals surface area contributed by atoms with Gasteiger partial charge in [-0.2, -0.15) is 0 Å². The van der Waals surface area contributed by atoms with Crippen LogP contribution in [0.15, 0.2) is 40.9 Å². The Balaban J connectivity index is 2.25. The molecular formula is C15H14BrClFN. The SMILES string of the molecule is Cc1c(Cl)cccc1NC(C)c1ccc(F)cc1Br. The highest BCUT2D eigenvalue weighted by Crippen LogP contribution is 2.30. The van der Waals surface area contributed by atoms with E-state index in [0.717, 1.165) is 26.3 Å². The Morgan fingerprint density at radius 2 is 2.00 bits per heavy atom. The lowest BCUT2D eigenvalue weighted by Crippen LogP contribution is -2.08. The van der Waals surface area contributed by atoms with E-state index in [4.69, 9.17) is 11.6 Å². The third kappa shape index (κ3) is 3.28. The van der Waals surface area contributed by atoms with Crippen LogP contribution in [0, 0.1) is 12.7 Å². The predicted octanol–water partition coefficient (Wildman–Crippen LogP) is 5.72. The van der Waals surface area contributed by atoms with Gasteiger partial charge in [-0.05, 0) is 49.2 Å². The van der Waals surface area contributed by atoms with Gasteiger partial charge in [-0.25, -0.2) is 4.39 Å². The van der Waals surface area contributed by atoms with Crippen molar-refractivity contribution in [2.75, 3.05) is 5.32 Å². The largest absolute Gasteiger partial charge is 0.378 e. The number of halogens is 3. The summed E-state index contributed by atoms with van der Waals surface area (Å²) in [5.41, 5.74) is 2.99. The number of anilines is 1. The van der Waals surface area contributed by atoms with Crippen molar-refractivity contribution < 1.29 is 4.39 Å². The van der Waals surface area contributed by atoms with Gasteiger partial charge in [0.05, 0.1) is 0 Å². The van der Waals surface area contributed by atoms with Crippen molar-refractivity contribution in [3.63, 3.8) is 0 Å². The van der Waals surface area contributed by atoms with E-state index in [1.165, 1.54) is 12.1 Å². The zero-order valence-electron chi connectivity index (χ0n) is 10.7. The van der Waals surface area contributed by atoms with Crippen molar-refractivity contribution in [3.05, 3.63) is 62.8 Å². The Morgan fingerprint density at radius 3 is 2.68 bits per heavy atom. The Hall–Kier alpha value is -1.06. The summed E-state index contributed by atoms with van der Waals surface area (Å²) in [5.74, 6) is -0.248. The molecule has 0 aliphatic rings. The molecule has 0 radical (unpaired) electrons. The smallest absolute Gasteiger partial charge is 0.124 e. The summed E-state index contributed by atoms with van der Waals surface area (Å²) < 4.78 is 13.8. The number of rotatable bonds is 3. The quantitative estimate of drug-likeness (QED) is 0.752. The van der Waals surface area contributed by atoms with Crippen LogP contribution in [-0.2, 0) is 0 Å². The zero-order valence-corrected chi connectivity index (χ0v) is 13.0. The van der Waals surface area contributed by atoms with Crippen LogP contribution in [0.4, 0.5) is 10.1 Å². The van der Waals surface area contributed by atoms with Crippen LogP contribution in [0.2, 0.25) is 5.02 Å². The molecule has 1 unspecified atom stereocenters. The van der Waals surface area contributed by atoms with E-state index < -0.39 is 0 Å². The molecule has 0 fully saturated rings. The highest BCUT2D eigenvalue weighted by atomic mass is 79.9. The van der Waals surface area contributed by atoms with Gasteiger partial charge < -0.3 is 5.32 Å². The minimum Gasteiger partial charge on any atom is -0.378 e. The monoisotopic (exact) mass is 341 g/mol. The highest BCUT2D eigenvalue weighted by molar-refractivity contribution is 9.10. The van der Waals surface area contributed by atoms with Crippen molar-refractivity contribution in [1.82, 2.24) is 0 Å². The summed E-state index contributed by atoms with van der Waals surface area (Å²) in [6.45, 7) is 4.00. The van der Waals surface area contributed by atoms with E-state index in [-0.39, 0.29) is 11.9 Å². The standard InChI is InChI=1S/C15H14BrClFN/c1-9-14(17)4-3-5-15(9)19-10(2)12-7-6-11(18)8-13(12)16/h3-8,10,19H,1-2H3. The highest BCUT2D eigenvalue weighted by Gasteiger charge is 2.11. The molecule has 0 bridgehead atoms. The molecule has 2 aromatic carbocycles. The molecule has 1 nitrogen and oxygen atoms in total. The Kier molecular flexibility index (Phi) is 4.48. The van der Waals surface area contributed by atoms with Crippen molar-refractivity contribution >= 4 is 33.2 Å². The van der Waals surface area contributed by atoms with Gasteiger partial charge in [0.15, 0.2) is 0 Å². The lowest BCUT2D eigenvalue weighted by Gasteiger charge is -2.19. The maximum atomic E-state index is 13.1. The van der Waals surface area contributed by atoms with Crippen molar-refractivity contribution in [3.8, 4) is 0 Å². The van der Waals surface area contributed by atoms with E-state index in [2.05, 4.69) is 21.2 Å². The number of hydrogen-bond donors (Lipinski definition) is 1. The summed E-state index contributed by atoms with van der Waals surface area (Å²) in [7, 11) is 0. The van der Waals surface area contributed by atoms with Gasteiger partial charge in [0, 0.05) is 21.2 Å². The molecule has 0 spiro atoms. The molecule has 0 heterocycles. The van der Waals surface area contributed by atoms with Crippen LogP contribution in [0.5, 0.6) is 0 Å². The van der Waals surface area contributed by atoms with Crippen LogP contribution >= 0.6 is 27.5 Å². The first-order valence-corrected chi connectivity index (χ1v) is 7.12. The predicted molar refractivity (Wildman–Crippen MR) is 82.3 cm³/mol. The van der Waals surface area contributed by atoms with E-state index in [0.29, 0.717) is 0 Å². The second-order valence-electron chi connectivity index (χ2n) is 4.44. The Labute approximate surface area is 125 Å². The van der Waals surface area contributed by atoms with Gasteiger partial charge in [-0.15, -0.1) is 0 Å². The van der Waals surface area contributed by atoms with Crippen LogP contribution in [0.3, 0.4) is 0 Å². The van der Waals surface area contributed by atoms with Crippen molar-refractivity contribution in [2.24, 2.45) is 0 Å². The Bertz CT molecular complexity index is 601. The number of benzene rings is 2. The van der Waals surface area contributed by atoms with Crippen LogP contribution in [-0.4, -0.2) is 0 Å². The van der Waals surface area contributed by atoms with Crippen molar-refractivity contribution in [2.45, 2.75) is 19.9 Å². The molecule has 2 rings (SSSR count). The minimum atomic E-state index is -0.248. The topological polar surface area (TPSA) is 12.0 Å². The fourth-order valence-electron chi connectivity index (χ4n) is 1.93. The van der Waals surface area contributed by atoms with E-state index in [9.17, 15) is 4.39 Å². The summed E-state index contributed by atoms with van der Waals surface area (Å²) >= 11 is 9.48. The molecule has 0 aliphatic carbocycles. The number of nitrogens with one attached hydrogen (secondary N) is 1. The molecule has 0 aromatic heterocycles. The molecule has 1 atom stereocenters. The normalized spacial score (nSPS) is 12.3. The van der Waals surface area contributed by atoms with Gasteiger partial charge in [0.1, 0.15) is 5.82 Å². The van der Waals surface area contributed by atoms with Crippen LogP contribution in [0.25, 0.3) is 0 Å². The molecule has 100 valence electrons. The molecule has 0 saturated carbocycles. The fraction of sp³-hybridized carbons (Fsp3) is 0.200. The molecule has 0 amide bonds. The molecule has 0 saturated heterocycles. The van der Waals surface area contributed by atoms with Crippen LogP contribution in [0.1, 0.15) is 24.1 Å². The molecule has 19 heavy (non-hydrogen) atoms. The Morgan fingerprint density at radius 1 is 1.26 bits per heavy atom. The third-order valence-electron chi connectivity index (χ3n) is 3.07. The number of hydrogen-bond acceptors (Lipinski definition) is 1. The first kappa shape index (κ1) is 14.4. The van der Waals surface area contributed by atoms with E-state index >= 15 is 0 Å². The van der Waals surface area contributed by atoms with E-state index in [1.807, 2.05) is 32.0 Å². The van der Waals surface area contributed by atoms with Crippen LogP contribution < -0.4 is 5.32 Å². The van der Waals surface area contributed by atoms with E-state index in [1.54, 1.807) is 6.07 Å². The summed E-state index contributed by atoms with van der Waals surface area (Å²) in [6.07, 6.45) is 0. The maximum Gasteiger partial charge on any atom is 0.124 e. The molecule has 4 heteroatoms. The lowest BCUT2D eigenvalue weighted by atomic mass is 10.1. The lowest BCUT2D eigenvalue weighted by molar-refractivity contribution is 0.625. The second kappa shape index (κ2) is 5.93. The zero-order chi connectivity index (χ0) is 14.0. The molecule has 1 N–H and O–H groups in total. The van der Waals surface area contributed by atoms with Crippen molar-refractivity contribution in [1.29, 1.82) is 0 Å². The fourth-order valence-corrected chi connectivity index (χ4v) is 2.80. The third-order valence-corrected chi connectivity index (χ3v) is 4.16. The summed E-state index contributed by atoms with van der Waals surface area (Å²) in [6, 6.07) is 10.5. The maximum absolute atomic E-state index is 13.1. The van der Waals surface area contributed by atoms with Gasteiger partial charge in [0.2, 0.25) is 0 Å². The molecular weight excluding hydrogens is 329 g/mol. The minimum absolute atomic E-state index is 0.0483. The van der Waals surface area contributed by atoms with Gasteiger partial charge in [-0.3, -0.25) is 0 Å². The second-order valence-corrected chi connectivity index (χ2v) is 5.71. The molecule has 0 aliphatic heterocycles. The average Bonchev–Trinajstić information content (AvgIpc) is 2.34. The van der Waals surface area contributed by atoms with Gasteiger partial charge in [0.25, 0.3) is 0 Å².